The van der Waals surface area contributed by atoms with E-state index in [-0.39, 0.29) is 18.2 Å². The second-order valence-electron chi connectivity index (χ2n) is 4.84. The fraction of sp³-hybridized carbons (Fsp3) is 0.286. The van der Waals surface area contributed by atoms with Crippen LogP contribution in [0.25, 0.3) is 11.0 Å². The van der Waals surface area contributed by atoms with Crippen molar-refractivity contribution in [2.75, 3.05) is 13.1 Å². The van der Waals surface area contributed by atoms with E-state index in [9.17, 15) is 9.59 Å². The van der Waals surface area contributed by atoms with Gasteiger partial charge in [-0.1, -0.05) is 12.1 Å². The van der Waals surface area contributed by atoms with E-state index in [1.807, 2.05) is 18.2 Å². The molecule has 1 saturated heterocycles. The minimum absolute atomic E-state index is 0.242. The van der Waals surface area contributed by atoms with Crippen LogP contribution in [-0.2, 0) is 4.79 Å². The van der Waals surface area contributed by atoms with E-state index >= 15 is 0 Å². The Bertz CT molecular complexity index is 694. The Morgan fingerprint density at radius 3 is 2.85 bits per heavy atom. The SMILES string of the molecule is O=C(O)[C@@H]1CCN(C(=O)c2cc3cccc(Br)c3o2)C1. The number of hydrogen-bond acceptors (Lipinski definition) is 3. The summed E-state index contributed by atoms with van der Waals surface area (Å²) in [4.78, 5) is 24.8. The molecule has 1 aliphatic heterocycles. The number of para-hydroxylation sites is 1. The minimum atomic E-state index is -0.854. The van der Waals surface area contributed by atoms with Crippen molar-refractivity contribution >= 4 is 38.8 Å². The summed E-state index contributed by atoms with van der Waals surface area (Å²) in [5.74, 6) is -1.34. The average molecular weight is 338 g/mol. The van der Waals surface area contributed by atoms with E-state index in [1.54, 1.807) is 6.07 Å². The number of carbonyl (C=O) groups excluding carboxylic acids is 1. The van der Waals surface area contributed by atoms with Crippen molar-refractivity contribution < 1.29 is 19.1 Å². The molecule has 1 amide bonds. The van der Waals surface area contributed by atoms with Gasteiger partial charge in [0.15, 0.2) is 5.76 Å². The molecule has 2 heterocycles. The second kappa shape index (κ2) is 4.94. The summed E-state index contributed by atoms with van der Waals surface area (Å²) in [5.41, 5.74) is 0.629. The van der Waals surface area contributed by atoms with Crippen LogP contribution in [0.5, 0.6) is 0 Å². The number of likely N-dealkylation sites (tertiary alicyclic amines) is 1. The molecule has 0 spiro atoms. The Morgan fingerprint density at radius 2 is 2.20 bits per heavy atom. The van der Waals surface area contributed by atoms with Gasteiger partial charge in [0, 0.05) is 18.5 Å². The molecule has 1 fully saturated rings. The number of aliphatic carboxylic acids is 1. The third-order valence-electron chi connectivity index (χ3n) is 3.53. The standard InChI is InChI=1S/C14H12BrNO4/c15-10-3-1-2-8-6-11(20-12(8)10)13(17)16-5-4-9(7-16)14(18)19/h1-3,6,9H,4-5,7H2,(H,18,19)/t9-/m1/s1. The highest BCUT2D eigenvalue weighted by atomic mass is 79.9. The number of amides is 1. The lowest BCUT2D eigenvalue weighted by atomic mass is 10.1. The molecule has 20 heavy (non-hydrogen) atoms. The summed E-state index contributed by atoms with van der Waals surface area (Å²) in [6.45, 7) is 0.695. The number of nitrogens with zero attached hydrogens (tertiary/aromatic N) is 1. The first-order valence-corrected chi connectivity index (χ1v) is 7.05. The predicted octanol–water partition coefficient (Wildman–Crippen LogP) is 2.74. The molecule has 0 radical (unpaired) electrons. The minimum Gasteiger partial charge on any atom is -0.481 e. The van der Waals surface area contributed by atoms with Gasteiger partial charge in [0.25, 0.3) is 5.91 Å². The zero-order valence-electron chi connectivity index (χ0n) is 10.5. The first-order chi connectivity index (χ1) is 9.56. The summed E-state index contributed by atoms with van der Waals surface area (Å²) in [5, 5.41) is 9.81. The van der Waals surface area contributed by atoms with Crippen molar-refractivity contribution in [1.29, 1.82) is 0 Å². The maximum atomic E-state index is 12.3. The van der Waals surface area contributed by atoms with Gasteiger partial charge in [-0.25, -0.2) is 0 Å². The van der Waals surface area contributed by atoms with Crippen LogP contribution in [0.4, 0.5) is 0 Å². The predicted molar refractivity (Wildman–Crippen MR) is 75.6 cm³/mol. The number of benzene rings is 1. The highest BCUT2D eigenvalue weighted by Gasteiger charge is 2.32. The highest BCUT2D eigenvalue weighted by Crippen LogP contribution is 2.28. The third kappa shape index (κ3) is 2.20. The number of furan rings is 1. The van der Waals surface area contributed by atoms with Gasteiger partial charge in [0.1, 0.15) is 5.58 Å². The lowest BCUT2D eigenvalue weighted by Gasteiger charge is -2.13. The van der Waals surface area contributed by atoms with Crippen molar-refractivity contribution in [3.8, 4) is 0 Å². The Hall–Kier alpha value is -1.82. The molecule has 1 atom stereocenters. The maximum Gasteiger partial charge on any atom is 0.308 e. The lowest BCUT2D eigenvalue weighted by molar-refractivity contribution is -0.141. The van der Waals surface area contributed by atoms with Crippen LogP contribution in [0.2, 0.25) is 0 Å². The largest absolute Gasteiger partial charge is 0.481 e. The van der Waals surface area contributed by atoms with Gasteiger partial charge in [-0.2, -0.15) is 0 Å². The Kier molecular flexibility index (Phi) is 3.25. The van der Waals surface area contributed by atoms with Gasteiger partial charge in [-0.3, -0.25) is 9.59 Å². The fourth-order valence-corrected chi connectivity index (χ4v) is 2.90. The summed E-state index contributed by atoms with van der Waals surface area (Å²) in [6, 6.07) is 7.27. The van der Waals surface area contributed by atoms with Crippen LogP contribution < -0.4 is 0 Å². The molecule has 0 bridgehead atoms. The first kappa shape index (κ1) is 13.2. The van der Waals surface area contributed by atoms with E-state index in [4.69, 9.17) is 9.52 Å². The molecular formula is C14H12BrNO4. The quantitative estimate of drug-likeness (QED) is 0.914. The van der Waals surface area contributed by atoms with Gasteiger partial charge >= 0.3 is 5.97 Å². The van der Waals surface area contributed by atoms with Crippen LogP contribution >= 0.6 is 15.9 Å². The summed E-state index contributed by atoms with van der Waals surface area (Å²) >= 11 is 3.38. The molecule has 104 valence electrons. The van der Waals surface area contributed by atoms with Crippen LogP contribution in [-0.4, -0.2) is 35.0 Å². The molecular weight excluding hydrogens is 326 g/mol. The molecule has 1 aromatic carbocycles. The smallest absolute Gasteiger partial charge is 0.308 e. The van der Waals surface area contributed by atoms with E-state index in [2.05, 4.69) is 15.9 Å². The van der Waals surface area contributed by atoms with Gasteiger partial charge in [0.05, 0.1) is 10.4 Å². The van der Waals surface area contributed by atoms with E-state index in [0.717, 1.165) is 9.86 Å². The molecule has 1 aliphatic rings. The molecule has 3 rings (SSSR count). The number of carbonyl (C=O) groups is 2. The average Bonchev–Trinajstić information content (AvgIpc) is 3.05. The number of halogens is 1. The number of rotatable bonds is 2. The summed E-state index contributed by atoms with van der Waals surface area (Å²) in [6.07, 6.45) is 0.491. The van der Waals surface area contributed by atoms with Gasteiger partial charge in [-0.05, 0) is 34.5 Å². The van der Waals surface area contributed by atoms with E-state index < -0.39 is 11.9 Å². The normalized spacial score (nSPS) is 18.6. The van der Waals surface area contributed by atoms with Crippen molar-refractivity contribution in [3.05, 3.63) is 34.5 Å². The zero-order valence-corrected chi connectivity index (χ0v) is 12.1. The van der Waals surface area contributed by atoms with E-state index in [0.29, 0.717) is 18.5 Å². The topological polar surface area (TPSA) is 70.8 Å². The van der Waals surface area contributed by atoms with E-state index in [1.165, 1.54) is 4.90 Å². The van der Waals surface area contributed by atoms with Gasteiger partial charge < -0.3 is 14.4 Å². The Balaban J connectivity index is 1.86. The van der Waals surface area contributed by atoms with Crippen molar-refractivity contribution in [2.45, 2.75) is 6.42 Å². The van der Waals surface area contributed by atoms with Crippen LogP contribution in [0, 0.1) is 5.92 Å². The summed E-state index contributed by atoms with van der Waals surface area (Å²) < 4.78 is 6.37. The molecule has 0 aliphatic carbocycles. The van der Waals surface area contributed by atoms with Crippen LogP contribution in [0.1, 0.15) is 17.0 Å². The lowest BCUT2D eigenvalue weighted by Crippen LogP contribution is -2.29. The van der Waals surface area contributed by atoms with Crippen LogP contribution in [0.15, 0.2) is 33.2 Å². The molecule has 0 unspecified atom stereocenters. The van der Waals surface area contributed by atoms with Crippen molar-refractivity contribution in [3.63, 3.8) is 0 Å². The van der Waals surface area contributed by atoms with Crippen LogP contribution in [0.3, 0.4) is 0 Å². The van der Waals surface area contributed by atoms with Gasteiger partial charge in [0.2, 0.25) is 0 Å². The molecule has 1 N–H and O–H groups in total. The van der Waals surface area contributed by atoms with Gasteiger partial charge in [-0.15, -0.1) is 0 Å². The molecule has 6 heteroatoms. The van der Waals surface area contributed by atoms with Crippen molar-refractivity contribution in [2.24, 2.45) is 5.92 Å². The number of carboxylic acids is 1. The molecule has 5 nitrogen and oxygen atoms in total. The zero-order chi connectivity index (χ0) is 14.3. The number of fused-ring (bicyclic) bond motifs is 1. The highest BCUT2D eigenvalue weighted by molar-refractivity contribution is 9.10. The Morgan fingerprint density at radius 1 is 1.40 bits per heavy atom. The third-order valence-corrected chi connectivity index (χ3v) is 4.16. The maximum absolute atomic E-state index is 12.3. The monoisotopic (exact) mass is 337 g/mol. The number of hydrogen-bond donors (Lipinski definition) is 1. The molecule has 1 aromatic heterocycles. The molecule has 0 saturated carbocycles. The second-order valence-corrected chi connectivity index (χ2v) is 5.70. The Labute approximate surface area is 123 Å². The first-order valence-electron chi connectivity index (χ1n) is 6.26. The molecule has 2 aromatic rings. The number of carboxylic acid groups (broad SMARTS) is 1. The summed E-state index contributed by atoms with van der Waals surface area (Å²) in [7, 11) is 0. The fourth-order valence-electron chi connectivity index (χ4n) is 2.44. The van der Waals surface area contributed by atoms with Crippen molar-refractivity contribution in [1.82, 2.24) is 4.90 Å².